The van der Waals surface area contributed by atoms with Gasteiger partial charge in [-0.15, -0.1) is 0 Å². The minimum atomic E-state index is -0.0806. The average Bonchev–Trinajstić information content (AvgIpc) is 2.22. The van der Waals surface area contributed by atoms with E-state index < -0.39 is 0 Å². The lowest BCUT2D eigenvalue weighted by Gasteiger charge is -2.36. The van der Waals surface area contributed by atoms with Crippen LogP contribution in [0.2, 0.25) is 0 Å². The molecule has 0 heterocycles. The number of carbonyl (C=O) groups excluding carboxylic acids is 1. The van der Waals surface area contributed by atoms with Gasteiger partial charge in [0.2, 0.25) is 5.91 Å². The second-order valence-electron chi connectivity index (χ2n) is 4.91. The van der Waals surface area contributed by atoms with Crippen molar-refractivity contribution in [1.82, 2.24) is 10.6 Å². The molecule has 0 spiro atoms. The van der Waals surface area contributed by atoms with Gasteiger partial charge in [-0.25, -0.2) is 0 Å². The van der Waals surface area contributed by atoms with E-state index in [1.165, 1.54) is 19.3 Å². The normalized spacial score (nSPS) is 33.5. The fourth-order valence-electron chi connectivity index (χ4n) is 2.59. The van der Waals surface area contributed by atoms with E-state index >= 15 is 0 Å². The molecule has 0 aromatic carbocycles. The summed E-state index contributed by atoms with van der Waals surface area (Å²) >= 11 is 0. The molecule has 1 fully saturated rings. The maximum absolute atomic E-state index is 11.4. The van der Waals surface area contributed by atoms with E-state index in [4.69, 9.17) is 0 Å². The minimum absolute atomic E-state index is 0.0806. The molecular weight excluding hydrogens is 188 g/mol. The number of carbonyl (C=O) groups is 1. The molecule has 1 rings (SSSR count). The van der Waals surface area contributed by atoms with E-state index in [2.05, 4.69) is 24.5 Å². The molecular formula is C12H24N2O. The molecule has 0 radical (unpaired) electrons. The highest BCUT2D eigenvalue weighted by Gasteiger charge is 2.29. The summed E-state index contributed by atoms with van der Waals surface area (Å²) in [5, 5.41) is 6.14. The van der Waals surface area contributed by atoms with Crippen molar-refractivity contribution in [1.29, 1.82) is 0 Å². The Kier molecular flexibility index (Phi) is 4.58. The van der Waals surface area contributed by atoms with Crippen LogP contribution in [-0.2, 0) is 4.79 Å². The Bertz CT molecular complexity index is 208. The molecule has 1 aliphatic carbocycles. The summed E-state index contributed by atoms with van der Waals surface area (Å²) in [7, 11) is 1.69. The molecule has 88 valence electrons. The van der Waals surface area contributed by atoms with E-state index in [9.17, 15) is 4.79 Å². The van der Waals surface area contributed by atoms with Crippen LogP contribution in [0, 0.1) is 11.8 Å². The van der Waals surface area contributed by atoms with Gasteiger partial charge in [0, 0.05) is 13.1 Å². The number of nitrogens with one attached hydrogen (secondary N) is 2. The molecule has 3 nitrogen and oxygen atoms in total. The zero-order chi connectivity index (χ0) is 11.4. The maximum atomic E-state index is 11.4. The largest absolute Gasteiger partial charge is 0.358 e. The van der Waals surface area contributed by atoms with Crippen molar-refractivity contribution >= 4 is 5.91 Å². The third kappa shape index (κ3) is 3.20. The topological polar surface area (TPSA) is 41.1 Å². The van der Waals surface area contributed by atoms with Crippen LogP contribution in [0.5, 0.6) is 0 Å². The summed E-state index contributed by atoms with van der Waals surface area (Å²) in [4.78, 5) is 11.4. The molecule has 0 bridgehead atoms. The van der Waals surface area contributed by atoms with Gasteiger partial charge in [-0.05, 0) is 31.6 Å². The average molecular weight is 212 g/mol. The predicted molar refractivity (Wildman–Crippen MR) is 62.6 cm³/mol. The van der Waals surface area contributed by atoms with E-state index in [1.54, 1.807) is 7.05 Å². The Morgan fingerprint density at radius 2 is 1.80 bits per heavy atom. The Balaban J connectivity index is 2.50. The first-order chi connectivity index (χ1) is 7.06. The van der Waals surface area contributed by atoms with Crippen LogP contribution >= 0.6 is 0 Å². The summed E-state index contributed by atoms with van der Waals surface area (Å²) in [5.41, 5.74) is 0. The summed E-state index contributed by atoms with van der Waals surface area (Å²) in [6, 6.07) is 0.411. The van der Waals surface area contributed by atoms with Gasteiger partial charge in [0.1, 0.15) is 0 Å². The van der Waals surface area contributed by atoms with Crippen LogP contribution in [0.15, 0.2) is 0 Å². The molecule has 1 amide bonds. The van der Waals surface area contributed by atoms with Crippen LogP contribution in [0.4, 0.5) is 0 Å². The summed E-state index contributed by atoms with van der Waals surface area (Å²) in [6.45, 7) is 6.50. The molecule has 0 aromatic heterocycles. The molecule has 1 aliphatic rings. The predicted octanol–water partition coefficient (Wildman–Crippen LogP) is 1.54. The van der Waals surface area contributed by atoms with Crippen molar-refractivity contribution in [3.63, 3.8) is 0 Å². The molecule has 0 aliphatic heterocycles. The van der Waals surface area contributed by atoms with E-state index in [-0.39, 0.29) is 11.9 Å². The van der Waals surface area contributed by atoms with Gasteiger partial charge in [-0.2, -0.15) is 0 Å². The van der Waals surface area contributed by atoms with Crippen molar-refractivity contribution < 1.29 is 4.79 Å². The molecule has 0 saturated heterocycles. The first-order valence-electron chi connectivity index (χ1n) is 6.04. The van der Waals surface area contributed by atoms with Crippen LogP contribution in [0.3, 0.4) is 0 Å². The van der Waals surface area contributed by atoms with Gasteiger partial charge in [0.15, 0.2) is 0 Å². The van der Waals surface area contributed by atoms with Crippen LogP contribution in [0.25, 0.3) is 0 Å². The molecule has 2 N–H and O–H groups in total. The summed E-state index contributed by atoms with van der Waals surface area (Å²) < 4.78 is 0. The highest BCUT2D eigenvalue weighted by molar-refractivity contribution is 5.80. The van der Waals surface area contributed by atoms with Crippen LogP contribution in [-0.4, -0.2) is 25.0 Å². The van der Waals surface area contributed by atoms with Crippen LogP contribution in [0.1, 0.15) is 40.0 Å². The number of amides is 1. The van der Waals surface area contributed by atoms with E-state index in [0.29, 0.717) is 17.9 Å². The monoisotopic (exact) mass is 212 g/mol. The molecule has 3 unspecified atom stereocenters. The minimum Gasteiger partial charge on any atom is -0.358 e. The highest BCUT2D eigenvalue weighted by atomic mass is 16.2. The van der Waals surface area contributed by atoms with E-state index in [0.717, 1.165) is 0 Å². The SMILES string of the molecule is CNC(=O)C(C)NC1C(C)CCCC1C. The zero-order valence-corrected chi connectivity index (χ0v) is 10.3. The Morgan fingerprint density at radius 3 is 2.27 bits per heavy atom. The van der Waals surface area contributed by atoms with Gasteiger partial charge in [-0.3, -0.25) is 4.79 Å². The second-order valence-corrected chi connectivity index (χ2v) is 4.91. The smallest absolute Gasteiger partial charge is 0.236 e. The molecule has 15 heavy (non-hydrogen) atoms. The molecule has 3 heteroatoms. The third-order valence-electron chi connectivity index (χ3n) is 3.63. The van der Waals surface area contributed by atoms with Gasteiger partial charge in [0.25, 0.3) is 0 Å². The van der Waals surface area contributed by atoms with Gasteiger partial charge in [-0.1, -0.05) is 20.3 Å². The summed E-state index contributed by atoms with van der Waals surface area (Å²) in [5.74, 6) is 1.45. The van der Waals surface area contributed by atoms with Gasteiger partial charge in [0.05, 0.1) is 6.04 Å². The van der Waals surface area contributed by atoms with E-state index in [1.807, 2.05) is 6.92 Å². The highest BCUT2D eigenvalue weighted by Crippen LogP contribution is 2.28. The fourth-order valence-corrected chi connectivity index (χ4v) is 2.59. The number of rotatable bonds is 3. The summed E-state index contributed by atoms with van der Waals surface area (Å²) in [6.07, 6.45) is 3.89. The second kappa shape index (κ2) is 5.50. The zero-order valence-electron chi connectivity index (χ0n) is 10.3. The maximum Gasteiger partial charge on any atom is 0.236 e. The standard InChI is InChI=1S/C12H24N2O/c1-8-6-5-7-9(2)11(8)14-10(3)12(15)13-4/h8-11,14H,5-7H2,1-4H3,(H,13,15). The Hall–Kier alpha value is -0.570. The van der Waals surface area contributed by atoms with Gasteiger partial charge < -0.3 is 10.6 Å². The molecule has 1 saturated carbocycles. The third-order valence-corrected chi connectivity index (χ3v) is 3.63. The number of hydrogen-bond donors (Lipinski definition) is 2. The first kappa shape index (κ1) is 12.5. The first-order valence-corrected chi connectivity index (χ1v) is 6.04. The Labute approximate surface area is 93.0 Å². The van der Waals surface area contributed by atoms with Crippen molar-refractivity contribution in [3.8, 4) is 0 Å². The lowest BCUT2D eigenvalue weighted by atomic mass is 9.78. The fraction of sp³-hybridized carbons (Fsp3) is 0.917. The number of likely N-dealkylation sites (N-methyl/N-ethyl adjacent to an activating group) is 1. The Morgan fingerprint density at radius 1 is 1.27 bits per heavy atom. The lowest BCUT2D eigenvalue weighted by molar-refractivity contribution is -0.122. The van der Waals surface area contributed by atoms with Crippen molar-refractivity contribution in [2.45, 2.75) is 52.1 Å². The number of hydrogen-bond acceptors (Lipinski definition) is 2. The van der Waals surface area contributed by atoms with Crippen LogP contribution < -0.4 is 10.6 Å². The molecule has 3 atom stereocenters. The quantitative estimate of drug-likeness (QED) is 0.745. The molecule has 0 aromatic rings. The van der Waals surface area contributed by atoms with Gasteiger partial charge >= 0.3 is 0 Å². The lowest BCUT2D eigenvalue weighted by Crippen LogP contribution is -2.51. The van der Waals surface area contributed by atoms with Crippen molar-refractivity contribution in [3.05, 3.63) is 0 Å². The van der Waals surface area contributed by atoms with Crippen molar-refractivity contribution in [2.75, 3.05) is 7.05 Å². The van der Waals surface area contributed by atoms with Crippen molar-refractivity contribution in [2.24, 2.45) is 11.8 Å².